The highest BCUT2D eigenvalue weighted by Crippen LogP contribution is 2.26. The zero-order chi connectivity index (χ0) is 8.27. The Kier molecular flexibility index (Phi) is 3.30. The summed E-state index contributed by atoms with van der Waals surface area (Å²) in [5.41, 5.74) is 6.53. The highest BCUT2D eigenvalue weighted by Gasteiger charge is 2.00. The van der Waals surface area contributed by atoms with Crippen molar-refractivity contribution in [3.8, 4) is 0 Å². The van der Waals surface area contributed by atoms with Gasteiger partial charge in [0.1, 0.15) is 0 Å². The predicted octanol–water partition coefficient (Wildman–Crippen LogP) is 2.87. The minimum atomic E-state index is 0.675. The van der Waals surface area contributed by atoms with Gasteiger partial charge in [0.25, 0.3) is 0 Å². The van der Waals surface area contributed by atoms with Crippen LogP contribution in [0.15, 0.2) is 22.5 Å². The van der Waals surface area contributed by atoms with Crippen LogP contribution < -0.4 is 5.73 Å². The Morgan fingerprint density at radius 1 is 1.73 bits per heavy atom. The van der Waals surface area contributed by atoms with E-state index >= 15 is 0 Å². The second-order valence-electron chi connectivity index (χ2n) is 2.27. The largest absolute Gasteiger partial charge is 0.330 e. The summed E-state index contributed by atoms with van der Waals surface area (Å²) < 4.78 is 1.12. The van der Waals surface area contributed by atoms with E-state index in [4.69, 9.17) is 5.73 Å². The molecule has 60 valence electrons. The lowest BCUT2D eigenvalue weighted by Crippen LogP contribution is -1.98. The van der Waals surface area contributed by atoms with Crippen LogP contribution in [0.5, 0.6) is 0 Å². The molecule has 0 spiro atoms. The summed E-state index contributed by atoms with van der Waals surface area (Å²) in [5.74, 6) is 0. The number of hydrogen-bond donors (Lipinski definition) is 1. The topological polar surface area (TPSA) is 26.0 Å². The molecule has 0 bridgehead atoms. The molecule has 0 saturated heterocycles. The van der Waals surface area contributed by atoms with Crippen molar-refractivity contribution in [3.63, 3.8) is 0 Å². The maximum atomic E-state index is 5.41. The zero-order valence-electron chi connectivity index (χ0n) is 6.14. The van der Waals surface area contributed by atoms with E-state index in [-0.39, 0.29) is 0 Å². The van der Waals surface area contributed by atoms with Crippen LogP contribution in [0.25, 0.3) is 5.57 Å². The third-order valence-electron chi connectivity index (χ3n) is 1.36. The molecule has 1 rings (SSSR count). The zero-order valence-corrected chi connectivity index (χ0v) is 8.54. The van der Waals surface area contributed by atoms with Crippen molar-refractivity contribution in [2.24, 2.45) is 5.73 Å². The third-order valence-corrected chi connectivity index (χ3v) is 3.16. The van der Waals surface area contributed by atoms with E-state index in [1.54, 1.807) is 11.3 Å². The summed E-state index contributed by atoms with van der Waals surface area (Å²) in [6.45, 7) is 4.61. The molecule has 0 saturated carbocycles. The van der Waals surface area contributed by atoms with Crippen LogP contribution in [0.3, 0.4) is 0 Å². The highest BCUT2D eigenvalue weighted by molar-refractivity contribution is 9.10. The summed E-state index contributed by atoms with van der Waals surface area (Å²) in [6, 6.07) is 2.07. The van der Waals surface area contributed by atoms with Gasteiger partial charge in [0.15, 0.2) is 0 Å². The number of halogens is 1. The molecule has 0 unspecified atom stereocenters. The van der Waals surface area contributed by atoms with Crippen molar-refractivity contribution in [2.45, 2.75) is 6.42 Å². The summed E-state index contributed by atoms with van der Waals surface area (Å²) in [6.07, 6.45) is 0.882. The Bertz CT molecular complexity index is 254. The van der Waals surface area contributed by atoms with Crippen molar-refractivity contribution >= 4 is 32.8 Å². The standard InChI is InChI=1S/C8H10BrNS/c1-6(2-3-10)8-4-7(9)5-11-8/h4-5H,1-3,10H2. The first-order valence-corrected chi connectivity index (χ1v) is 5.03. The van der Waals surface area contributed by atoms with Crippen LogP contribution in [-0.2, 0) is 0 Å². The number of hydrogen-bond acceptors (Lipinski definition) is 2. The lowest BCUT2D eigenvalue weighted by Gasteiger charge is -1.97. The first-order valence-electron chi connectivity index (χ1n) is 3.36. The van der Waals surface area contributed by atoms with Gasteiger partial charge in [-0.15, -0.1) is 11.3 Å². The number of thiophene rings is 1. The molecule has 1 heterocycles. The normalized spacial score (nSPS) is 10.0. The van der Waals surface area contributed by atoms with Gasteiger partial charge in [-0.05, 0) is 40.5 Å². The Labute approximate surface area is 79.0 Å². The van der Waals surface area contributed by atoms with Crippen molar-refractivity contribution in [1.82, 2.24) is 0 Å². The Balaban J connectivity index is 2.69. The highest BCUT2D eigenvalue weighted by atomic mass is 79.9. The molecule has 0 aliphatic carbocycles. The van der Waals surface area contributed by atoms with E-state index < -0.39 is 0 Å². The predicted molar refractivity (Wildman–Crippen MR) is 54.7 cm³/mol. The van der Waals surface area contributed by atoms with Crippen LogP contribution in [-0.4, -0.2) is 6.54 Å². The van der Waals surface area contributed by atoms with Crippen LogP contribution in [0.2, 0.25) is 0 Å². The maximum absolute atomic E-state index is 5.41. The summed E-state index contributed by atoms with van der Waals surface area (Å²) in [7, 11) is 0. The molecule has 2 N–H and O–H groups in total. The first-order chi connectivity index (χ1) is 5.24. The summed E-state index contributed by atoms with van der Waals surface area (Å²) >= 11 is 5.09. The lowest BCUT2D eigenvalue weighted by atomic mass is 10.2. The fraction of sp³-hybridized carbons (Fsp3) is 0.250. The average molecular weight is 232 g/mol. The molecule has 1 aromatic rings. The molecule has 0 aromatic carbocycles. The molecule has 0 fully saturated rings. The van der Waals surface area contributed by atoms with Gasteiger partial charge in [-0.25, -0.2) is 0 Å². The van der Waals surface area contributed by atoms with Crippen molar-refractivity contribution < 1.29 is 0 Å². The van der Waals surface area contributed by atoms with Crippen LogP contribution in [0, 0.1) is 0 Å². The number of rotatable bonds is 3. The van der Waals surface area contributed by atoms with E-state index in [1.165, 1.54) is 4.88 Å². The van der Waals surface area contributed by atoms with Gasteiger partial charge >= 0.3 is 0 Å². The van der Waals surface area contributed by atoms with Gasteiger partial charge in [0, 0.05) is 14.7 Å². The van der Waals surface area contributed by atoms with E-state index in [0.717, 1.165) is 16.5 Å². The fourth-order valence-corrected chi connectivity index (χ4v) is 2.23. The van der Waals surface area contributed by atoms with Crippen LogP contribution >= 0.6 is 27.3 Å². The minimum absolute atomic E-state index is 0.675. The first kappa shape index (κ1) is 8.97. The Hall–Kier alpha value is -0.120. The molecule has 3 heteroatoms. The second-order valence-corrected chi connectivity index (χ2v) is 4.10. The molecule has 0 aliphatic heterocycles. The third kappa shape index (κ3) is 2.43. The van der Waals surface area contributed by atoms with Gasteiger partial charge < -0.3 is 5.73 Å². The summed E-state index contributed by atoms with van der Waals surface area (Å²) in [5, 5.41) is 2.05. The summed E-state index contributed by atoms with van der Waals surface area (Å²) in [4.78, 5) is 1.22. The molecule has 0 radical (unpaired) electrons. The molecule has 0 amide bonds. The molecule has 0 atom stereocenters. The fourth-order valence-electron chi connectivity index (χ4n) is 0.796. The average Bonchev–Trinajstić information content (AvgIpc) is 2.36. The quantitative estimate of drug-likeness (QED) is 0.851. The Morgan fingerprint density at radius 2 is 2.45 bits per heavy atom. The molecule has 1 aromatic heterocycles. The van der Waals surface area contributed by atoms with E-state index in [2.05, 4.69) is 34.0 Å². The monoisotopic (exact) mass is 231 g/mol. The molecular formula is C8H10BrNS. The molecule has 11 heavy (non-hydrogen) atoms. The van der Waals surface area contributed by atoms with Crippen molar-refractivity contribution in [2.75, 3.05) is 6.54 Å². The van der Waals surface area contributed by atoms with Crippen LogP contribution in [0.4, 0.5) is 0 Å². The van der Waals surface area contributed by atoms with E-state index in [9.17, 15) is 0 Å². The maximum Gasteiger partial charge on any atom is 0.0308 e. The molecule has 0 aliphatic rings. The van der Waals surface area contributed by atoms with Gasteiger partial charge in [0.05, 0.1) is 0 Å². The van der Waals surface area contributed by atoms with Crippen molar-refractivity contribution in [3.05, 3.63) is 27.4 Å². The van der Waals surface area contributed by atoms with Crippen LogP contribution in [0.1, 0.15) is 11.3 Å². The number of nitrogens with two attached hydrogens (primary N) is 1. The van der Waals surface area contributed by atoms with Gasteiger partial charge in [-0.2, -0.15) is 0 Å². The Morgan fingerprint density at radius 3 is 2.91 bits per heavy atom. The smallest absolute Gasteiger partial charge is 0.0308 e. The lowest BCUT2D eigenvalue weighted by molar-refractivity contribution is 1.03. The molecule has 1 nitrogen and oxygen atoms in total. The van der Waals surface area contributed by atoms with Gasteiger partial charge in [-0.1, -0.05) is 6.58 Å². The van der Waals surface area contributed by atoms with Crippen molar-refractivity contribution in [1.29, 1.82) is 0 Å². The minimum Gasteiger partial charge on any atom is -0.330 e. The molecular weight excluding hydrogens is 222 g/mol. The van der Waals surface area contributed by atoms with E-state index in [0.29, 0.717) is 6.54 Å². The van der Waals surface area contributed by atoms with E-state index in [1.807, 2.05) is 0 Å². The second kappa shape index (κ2) is 4.04. The van der Waals surface area contributed by atoms with Gasteiger partial charge in [0.2, 0.25) is 0 Å². The van der Waals surface area contributed by atoms with Gasteiger partial charge in [-0.3, -0.25) is 0 Å². The SMILES string of the molecule is C=C(CCN)c1cc(Br)cs1.